The molecule has 0 amide bonds. The first-order valence-corrected chi connectivity index (χ1v) is 9.70. The molecule has 0 aromatic heterocycles. The Morgan fingerprint density at radius 1 is 1.22 bits per heavy atom. The van der Waals surface area contributed by atoms with Crippen LogP contribution >= 0.6 is 0 Å². The highest BCUT2D eigenvalue weighted by Gasteiger charge is 2.38. The summed E-state index contributed by atoms with van der Waals surface area (Å²) in [4.78, 5) is 15.3. The summed E-state index contributed by atoms with van der Waals surface area (Å²) in [6.45, 7) is 5.49. The number of nitrogens with zero attached hydrogens (tertiary/aromatic N) is 1. The van der Waals surface area contributed by atoms with Crippen LogP contribution < -0.4 is 9.47 Å². The molecule has 0 saturated heterocycles. The van der Waals surface area contributed by atoms with E-state index >= 15 is 0 Å². The van der Waals surface area contributed by atoms with E-state index in [1.54, 1.807) is 0 Å². The van der Waals surface area contributed by atoms with Gasteiger partial charge in [0.1, 0.15) is 18.2 Å². The number of ketones is 1. The molecule has 1 fully saturated rings. The number of fused-ring (bicyclic) bond motifs is 3. The lowest BCUT2D eigenvalue weighted by Crippen LogP contribution is -2.34. The molecule has 0 atom stereocenters. The van der Waals surface area contributed by atoms with Gasteiger partial charge in [0.25, 0.3) is 0 Å². The molecule has 4 nitrogen and oxygen atoms in total. The van der Waals surface area contributed by atoms with Crippen LogP contribution in [-0.4, -0.2) is 23.5 Å². The van der Waals surface area contributed by atoms with E-state index in [0.29, 0.717) is 29.8 Å². The van der Waals surface area contributed by atoms with Crippen LogP contribution in [0.5, 0.6) is 11.5 Å². The number of ether oxygens (including phenoxy) is 2. The van der Waals surface area contributed by atoms with Gasteiger partial charge in [-0.1, -0.05) is 31.2 Å². The van der Waals surface area contributed by atoms with Crippen LogP contribution in [0, 0.1) is 6.92 Å². The number of allylic oxidation sites excluding steroid dienone is 1. The summed E-state index contributed by atoms with van der Waals surface area (Å²) in [6, 6.07) is 10.8. The average molecular weight is 361 g/mol. The minimum atomic E-state index is -0.0339. The maximum atomic E-state index is 13.0. The van der Waals surface area contributed by atoms with Crippen LogP contribution in [-0.2, 0) is 13.0 Å². The number of aryl methyl sites for hydroxylation is 2. The zero-order valence-electron chi connectivity index (χ0n) is 15.7. The van der Waals surface area contributed by atoms with Crippen LogP contribution in [0.15, 0.2) is 36.1 Å². The monoisotopic (exact) mass is 361 g/mol. The van der Waals surface area contributed by atoms with Crippen molar-refractivity contribution in [2.24, 2.45) is 0 Å². The average Bonchev–Trinajstić information content (AvgIpc) is 3.47. The van der Waals surface area contributed by atoms with E-state index in [-0.39, 0.29) is 5.78 Å². The Balaban J connectivity index is 1.51. The first-order valence-electron chi connectivity index (χ1n) is 9.70. The lowest BCUT2D eigenvalue weighted by Gasteiger charge is -2.30. The highest BCUT2D eigenvalue weighted by atomic mass is 16.5. The predicted octanol–water partition coefficient (Wildman–Crippen LogP) is 4.49. The summed E-state index contributed by atoms with van der Waals surface area (Å²) in [6.07, 6.45) is 5.30. The lowest BCUT2D eigenvalue weighted by molar-refractivity contribution is 0.0867. The molecule has 4 heteroatoms. The van der Waals surface area contributed by atoms with Gasteiger partial charge >= 0.3 is 0 Å². The Morgan fingerprint density at radius 2 is 2.00 bits per heavy atom. The standard InChI is InChI=1S/C23H23NO3/c1-3-15-4-6-16(7-5-15)11-20-22(25)21-14(2)10-19-18(23(21)27-20)12-24(13-26-19)17-8-9-17/h4-7,10-11,17H,3,8-9,12-13H2,1-2H3/b20-11-. The van der Waals surface area contributed by atoms with Crippen LogP contribution in [0.1, 0.15) is 52.4 Å². The van der Waals surface area contributed by atoms with Gasteiger partial charge in [-0.25, -0.2) is 0 Å². The van der Waals surface area contributed by atoms with Crippen molar-refractivity contribution in [2.75, 3.05) is 6.73 Å². The fraction of sp³-hybridized carbons (Fsp3) is 0.348. The molecule has 0 radical (unpaired) electrons. The molecule has 2 heterocycles. The smallest absolute Gasteiger partial charge is 0.232 e. The SMILES string of the molecule is CCc1ccc(/C=C2\Oc3c4c(cc(C)c3C2=O)OCN(C2CC2)C4)cc1. The van der Waals surface area contributed by atoms with Crippen LogP contribution in [0.4, 0.5) is 0 Å². The molecule has 27 heavy (non-hydrogen) atoms. The molecule has 5 rings (SSSR count). The van der Waals surface area contributed by atoms with E-state index in [1.165, 1.54) is 18.4 Å². The molecule has 0 bridgehead atoms. The first kappa shape index (κ1) is 16.6. The molecular formula is C23H23NO3. The topological polar surface area (TPSA) is 38.8 Å². The van der Waals surface area contributed by atoms with Gasteiger partial charge in [-0.05, 0) is 55.0 Å². The zero-order chi connectivity index (χ0) is 18.5. The van der Waals surface area contributed by atoms with Crippen LogP contribution in [0.3, 0.4) is 0 Å². The van der Waals surface area contributed by atoms with Gasteiger partial charge in [-0.15, -0.1) is 0 Å². The van der Waals surface area contributed by atoms with Crippen molar-refractivity contribution < 1.29 is 14.3 Å². The number of carbonyl (C=O) groups is 1. The van der Waals surface area contributed by atoms with Crippen molar-refractivity contribution >= 4 is 11.9 Å². The minimum absolute atomic E-state index is 0.0339. The highest BCUT2D eigenvalue weighted by molar-refractivity contribution is 6.15. The molecule has 138 valence electrons. The van der Waals surface area contributed by atoms with Crippen molar-refractivity contribution in [3.05, 3.63) is 63.9 Å². The maximum Gasteiger partial charge on any atom is 0.232 e. The van der Waals surface area contributed by atoms with Crippen LogP contribution in [0.2, 0.25) is 0 Å². The van der Waals surface area contributed by atoms with Crippen molar-refractivity contribution in [3.63, 3.8) is 0 Å². The summed E-state index contributed by atoms with van der Waals surface area (Å²) in [5, 5.41) is 0. The number of Topliss-reactive ketones (excluding diaryl/α,β-unsaturated/α-hetero) is 1. The Bertz CT molecular complexity index is 955. The Labute approximate surface area is 159 Å². The second kappa shape index (κ2) is 6.24. The van der Waals surface area contributed by atoms with Crippen molar-refractivity contribution in [3.8, 4) is 11.5 Å². The summed E-state index contributed by atoms with van der Waals surface area (Å²) >= 11 is 0. The summed E-state index contributed by atoms with van der Waals surface area (Å²) in [5.74, 6) is 1.91. The van der Waals surface area contributed by atoms with Crippen LogP contribution in [0.25, 0.3) is 6.08 Å². The summed E-state index contributed by atoms with van der Waals surface area (Å²) in [5.41, 5.74) is 4.86. The fourth-order valence-corrected chi connectivity index (χ4v) is 3.92. The molecule has 2 aliphatic heterocycles. The van der Waals surface area contributed by atoms with Gasteiger partial charge in [-0.2, -0.15) is 0 Å². The molecule has 1 aliphatic carbocycles. The molecule has 0 N–H and O–H groups in total. The van der Waals surface area contributed by atoms with Crippen molar-refractivity contribution in [1.29, 1.82) is 0 Å². The number of rotatable bonds is 3. The van der Waals surface area contributed by atoms with E-state index in [9.17, 15) is 4.79 Å². The lowest BCUT2D eigenvalue weighted by atomic mass is 9.98. The molecule has 3 aliphatic rings. The molecule has 1 saturated carbocycles. The van der Waals surface area contributed by atoms with E-state index < -0.39 is 0 Å². The number of hydrogen-bond donors (Lipinski definition) is 0. The normalized spacial score (nSPS) is 20.2. The minimum Gasteiger partial charge on any atom is -0.478 e. The maximum absolute atomic E-state index is 13.0. The van der Waals surface area contributed by atoms with Gasteiger partial charge in [0, 0.05) is 12.6 Å². The van der Waals surface area contributed by atoms with E-state index in [0.717, 1.165) is 35.4 Å². The summed E-state index contributed by atoms with van der Waals surface area (Å²) < 4.78 is 12.1. The van der Waals surface area contributed by atoms with E-state index in [1.807, 2.05) is 31.2 Å². The quantitative estimate of drug-likeness (QED) is 0.755. The second-order valence-electron chi connectivity index (χ2n) is 7.66. The van der Waals surface area contributed by atoms with E-state index in [2.05, 4.69) is 24.0 Å². The second-order valence-corrected chi connectivity index (χ2v) is 7.66. The zero-order valence-corrected chi connectivity index (χ0v) is 15.7. The third kappa shape index (κ3) is 2.85. The Hall–Kier alpha value is -2.59. The third-order valence-corrected chi connectivity index (χ3v) is 5.70. The molecular weight excluding hydrogens is 338 g/mol. The van der Waals surface area contributed by atoms with E-state index in [4.69, 9.17) is 9.47 Å². The van der Waals surface area contributed by atoms with Gasteiger partial charge < -0.3 is 9.47 Å². The van der Waals surface area contributed by atoms with Gasteiger partial charge in [0.05, 0.1) is 11.1 Å². The number of benzene rings is 2. The van der Waals surface area contributed by atoms with Gasteiger partial charge in [0.15, 0.2) is 5.76 Å². The predicted molar refractivity (Wildman–Crippen MR) is 104 cm³/mol. The van der Waals surface area contributed by atoms with Gasteiger partial charge in [-0.3, -0.25) is 9.69 Å². The fourth-order valence-electron chi connectivity index (χ4n) is 3.92. The third-order valence-electron chi connectivity index (χ3n) is 5.70. The highest BCUT2D eigenvalue weighted by Crippen LogP contribution is 2.45. The van der Waals surface area contributed by atoms with Crippen molar-refractivity contribution in [2.45, 2.75) is 45.7 Å². The number of carbonyl (C=O) groups excluding carboxylic acids is 1. The Morgan fingerprint density at radius 3 is 2.70 bits per heavy atom. The largest absolute Gasteiger partial charge is 0.478 e. The number of hydrogen-bond acceptors (Lipinski definition) is 4. The Kier molecular flexibility index (Phi) is 3.83. The van der Waals surface area contributed by atoms with Gasteiger partial charge in [0.2, 0.25) is 5.78 Å². The van der Waals surface area contributed by atoms with Crippen molar-refractivity contribution in [1.82, 2.24) is 4.90 Å². The molecule has 2 aromatic rings. The molecule has 0 spiro atoms. The summed E-state index contributed by atoms with van der Waals surface area (Å²) in [7, 11) is 0. The first-order chi connectivity index (χ1) is 13.1. The molecule has 2 aromatic carbocycles. The molecule has 0 unspecified atom stereocenters.